The Morgan fingerprint density at radius 2 is 1.68 bits per heavy atom. The molecule has 0 aliphatic carbocycles. The minimum atomic E-state index is -0.0880. The SMILES string of the molecule is O=C(NC1CCN(C(=O)c2ccc(Cl)cc2)CC1)c1ccccc1Br. The number of halogens is 2. The highest BCUT2D eigenvalue weighted by Crippen LogP contribution is 2.19. The molecule has 4 nitrogen and oxygen atoms in total. The van der Waals surface area contributed by atoms with E-state index in [9.17, 15) is 9.59 Å². The molecule has 0 saturated carbocycles. The number of hydrogen-bond donors (Lipinski definition) is 1. The molecule has 130 valence electrons. The molecule has 2 aromatic carbocycles. The second kappa shape index (κ2) is 8.02. The van der Waals surface area contributed by atoms with Crippen molar-refractivity contribution in [1.29, 1.82) is 0 Å². The summed E-state index contributed by atoms with van der Waals surface area (Å²) in [5.74, 6) is -0.0813. The molecule has 0 spiro atoms. The highest BCUT2D eigenvalue weighted by Gasteiger charge is 2.25. The summed E-state index contributed by atoms with van der Waals surface area (Å²) in [5.41, 5.74) is 1.27. The Hall–Kier alpha value is -1.85. The van der Waals surface area contributed by atoms with Crippen LogP contribution in [0.25, 0.3) is 0 Å². The lowest BCUT2D eigenvalue weighted by molar-refractivity contribution is 0.0698. The van der Waals surface area contributed by atoms with Crippen molar-refractivity contribution in [3.8, 4) is 0 Å². The van der Waals surface area contributed by atoms with Crippen molar-refractivity contribution in [3.05, 3.63) is 69.2 Å². The maximum absolute atomic E-state index is 12.5. The van der Waals surface area contributed by atoms with Crippen LogP contribution in [0.3, 0.4) is 0 Å². The quantitative estimate of drug-likeness (QED) is 0.810. The lowest BCUT2D eigenvalue weighted by atomic mass is 10.0. The maximum atomic E-state index is 12.5. The van der Waals surface area contributed by atoms with Crippen molar-refractivity contribution in [2.45, 2.75) is 18.9 Å². The Morgan fingerprint density at radius 3 is 2.32 bits per heavy atom. The van der Waals surface area contributed by atoms with Crippen LogP contribution in [-0.4, -0.2) is 35.8 Å². The predicted molar refractivity (Wildman–Crippen MR) is 102 cm³/mol. The number of hydrogen-bond acceptors (Lipinski definition) is 2. The molecule has 0 bridgehead atoms. The third-order valence-corrected chi connectivity index (χ3v) is 5.27. The smallest absolute Gasteiger partial charge is 0.253 e. The van der Waals surface area contributed by atoms with Gasteiger partial charge in [-0.25, -0.2) is 0 Å². The minimum Gasteiger partial charge on any atom is -0.349 e. The summed E-state index contributed by atoms with van der Waals surface area (Å²) in [5, 5.41) is 3.67. The Bertz CT molecular complexity index is 771. The summed E-state index contributed by atoms with van der Waals surface area (Å²) in [6.45, 7) is 1.25. The van der Waals surface area contributed by atoms with Gasteiger partial charge >= 0.3 is 0 Å². The molecule has 1 aliphatic heterocycles. The van der Waals surface area contributed by atoms with Crippen LogP contribution >= 0.6 is 27.5 Å². The second-order valence-electron chi connectivity index (χ2n) is 6.03. The molecule has 0 unspecified atom stereocenters. The summed E-state index contributed by atoms with van der Waals surface area (Å²) >= 11 is 9.26. The molecule has 6 heteroatoms. The molecule has 0 atom stereocenters. The van der Waals surface area contributed by atoms with Gasteiger partial charge in [0, 0.05) is 34.2 Å². The molecule has 1 heterocycles. The van der Waals surface area contributed by atoms with Gasteiger partial charge in [-0.15, -0.1) is 0 Å². The predicted octanol–water partition coefficient (Wildman–Crippen LogP) is 4.14. The lowest BCUT2D eigenvalue weighted by Gasteiger charge is -2.32. The van der Waals surface area contributed by atoms with Gasteiger partial charge in [0.2, 0.25) is 0 Å². The van der Waals surface area contributed by atoms with Crippen molar-refractivity contribution in [3.63, 3.8) is 0 Å². The molecule has 0 radical (unpaired) electrons. The van der Waals surface area contributed by atoms with E-state index in [1.807, 2.05) is 23.1 Å². The molecule has 1 aliphatic rings. The highest BCUT2D eigenvalue weighted by molar-refractivity contribution is 9.10. The van der Waals surface area contributed by atoms with Crippen molar-refractivity contribution >= 4 is 39.3 Å². The Morgan fingerprint density at radius 1 is 1.04 bits per heavy atom. The van der Waals surface area contributed by atoms with E-state index in [1.165, 1.54) is 0 Å². The van der Waals surface area contributed by atoms with Crippen LogP contribution in [0.1, 0.15) is 33.6 Å². The number of likely N-dealkylation sites (tertiary alicyclic amines) is 1. The first-order valence-corrected chi connectivity index (χ1v) is 9.32. The summed E-state index contributed by atoms with van der Waals surface area (Å²) < 4.78 is 0.780. The first kappa shape index (κ1) is 18.0. The summed E-state index contributed by atoms with van der Waals surface area (Å²) in [6.07, 6.45) is 1.49. The average molecular weight is 422 g/mol. The number of piperidine rings is 1. The van der Waals surface area contributed by atoms with Crippen LogP contribution in [0.2, 0.25) is 5.02 Å². The van der Waals surface area contributed by atoms with E-state index >= 15 is 0 Å². The summed E-state index contributed by atoms with van der Waals surface area (Å²) in [7, 11) is 0. The van der Waals surface area contributed by atoms with E-state index in [4.69, 9.17) is 11.6 Å². The first-order chi connectivity index (χ1) is 12.0. The Kier molecular flexibility index (Phi) is 5.76. The number of amides is 2. The van der Waals surface area contributed by atoms with Gasteiger partial charge in [0.25, 0.3) is 11.8 Å². The fraction of sp³-hybridized carbons (Fsp3) is 0.263. The second-order valence-corrected chi connectivity index (χ2v) is 7.32. The normalized spacial score (nSPS) is 15.0. The van der Waals surface area contributed by atoms with Crippen molar-refractivity contribution in [2.75, 3.05) is 13.1 Å². The van der Waals surface area contributed by atoms with E-state index in [0.717, 1.165) is 17.3 Å². The number of rotatable bonds is 3. The van der Waals surface area contributed by atoms with Crippen molar-refractivity contribution in [1.82, 2.24) is 10.2 Å². The van der Waals surface area contributed by atoms with Gasteiger partial charge in [-0.05, 0) is 65.2 Å². The van der Waals surface area contributed by atoms with Crippen LogP contribution in [0, 0.1) is 0 Å². The number of nitrogens with one attached hydrogen (secondary N) is 1. The van der Waals surface area contributed by atoms with Gasteiger partial charge in [0.15, 0.2) is 0 Å². The van der Waals surface area contributed by atoms with Gasteiger partial charge in [0.05, 0.1) is 5.56 Å². The lowest BCUT2D eigenvalue weighted by Crippen LogP contribution is -2.46. The molecule has 1 N–H and O–H groups in total. The van der Waals surface area contributed by atoms with Gasteiger partial charge < -0.3 is 10.2 Å². The maximum Gasteiger partial charge on any atom is 0.253 e. The molecule has 0 aromatic heterocycles. The van der Waals surface area contributed by atoms with E-state index in [-0.39, 0.29) is 17.9 Å². The van der Waals surface area contributed by atoms with Crippen molar-refractivity contribution in [2.24, 2.45) is 0 Å². The Labute approximate surface area is 160 Å². The van der Waals surface area contributed by atoms with Crippen LogP contribution in [-0.2, 0) is 0 Å². The number of nitrogens with zero attached hydrogens (tertiary/aromatic N) is 1. The fourth-order valence-corrected chi connectivity index (χ4v) is 3.50. The molecule has 1 fully saturated rings. The van der Waals surface area contributed by atoms with Crippen LogP contribution in [0.15, 0.2) is 53.0 Å². The largest absolute Gasteiger partial charge is 0.349 e. The standard InChI is InChI=1S/C19H18BrClN2O2/c20-17-4-2-1-3-16(17)18(24)22-15-9-11-23(12-10-15)19(25)13-5-7-14(21)8-6-13/h1-8,15H,9-12H2,(H,22,24). The third-order valence-electron chi connectivity index (χ3n) is 4.33. The molecular weight excluding hydrogens is 404 g/mol. The Balaban J connectivity index is 1.55. The average Bonchev–Trinajstić information content (AvgIpc) is 2.63. The number of benzene rings is 2. The van der Waals surface area contributed by atoms with Gasteiger partial charge in [-0.1, -0.05) is 23.7 Å². The van der Waals surface area contributed by atoms with Crippen LogP contribution < -0.4 is 5.32 Å². The molecule has 2 aromatic rings. The number of carbonyl (C=O) groups excluding carboxylic acids is 2. The molecule has 25 heavy (non-hydrogen) atoms. The topological polar surface area (TPSA) is 49.4 Å². The molecular formula is C19H18BrClN2O2. The zero-order chi connectivity index (χ0) is 17.8. The monoisotopic (exact) mass is 420 g/mol. The zero-order valence-corrected chi connectivity index (χ0v) is 15.9. The fourth-order valence-electron chi connectivity index (χ4n) is 2.91. The molecule has 1 saturated heterocycles. The van der Waals surface area contributed by atoms with Crippen LogP contribution in [0.5, 0.6) is 0 Å². The summed E-state index contributed by atoms with van der Waals surface area (Å²) in [4.78, 5) is 26.7. The summed E-state index contributed by atoms with van der Waals surface area (Å²) in [6, 6.07) is 14.4. The van der Waals surface area contributed by atoms with E-state index in [0.29, 0.717) is 29.2 Å². The van der Waals surface area contributed by atoms with E-state index in [2.05, 4.69) is 21.2 Å². The van der Waals surface area contributed by atoms with E-state index in [1.54, 1.807) is 30.3 Å². The van der Waals surface area contributed by atoms with Crippen LogP contribution in [0.4, 0.5) is 0 Å². The zero-order valence-electron chi connectivity index (χ0n) is 13.5. The van der Waals surface area contributed by atoms with Gasteiger partial charge in [-0.2, -0.15) is 0 Å². The van der Waals surface area contributed by atoms with Crippen molar-refractivity contribution < 1.29 is 9.59 Å². The van der Waals surface area contributed by atoms with Gasteiger partial charge in [-0.3, -0.25) is 9.59 Å². The first-order valence-electron chi connectivity index (χ1n) is 8.15. The highest BCUT2D eigenvalue weighted by atomic mass is 79.9. The minimum absolute atomic E-state index is 0.00671. The molecule has 2 amide bonds. The van der Waals surface area contributed by atoms with E-state index < -0.39 is 0 Å². The molecule has 3 rings (SSSR count). The van der Waals surface area contributed by atoms with Gasteiger partial charge in [0.1, 0.15) is 0 Å². The number of carbonyl (C=O) groups is 2. The third kappa shape index (κ3) is 4.41.